The minimum atomic E-state index is 0.914. The van der Waals surface area contributed by atoms with Crippen molar-refractivity contribution in [1.29, 1.82) is 0 Å². The van der Waals surface area contributed by atoms with Crippen LogP contribution in [-0.2, 0) is 6.54 Å². The van der Waals surface area contributed by atoms with Crippen molar-refractivity contribution in [2.75, 3.05) is 13.7 Å². The highest BCUT2D eigenvalue weighted by molar-refractivity contribution is 5.70. The lowest BCUT2D eigenvalue weighted by Gasteiger charge is -2.10. The normalized spacial score (nSPS) is 10.4. The first-order valence-electron chi connectivity index (χ1n) is 6.78. The molecule has 0 unspecified atom stereocenters. The van der Waals surface area contributed by atoms with Gasteiger partial charge in [-0.2, -0.15) is 0 Å². The van der Waals surface area contributed by atoms with Gasteiger partial charge in [0.05, 0.1) is 7.11 Å². The number of para-hydroxylation sites is 1. The standard InChI is InChI=1S/C17H21NO/c1-3-11-18-13-14-7-6-8-15(12-14)16-9-4-5-10-17(16)19-2/h4-10,12,18H,3,11,13H2,1-2H3. The Morgan fingerprint density at radius 1 is 1.05 bits per heavy atom. The third-order valence-electron chi connectivity index (χ3n) is 3.10. The summed E-state index contributed by atoms with van der Waals surface area (Å²) in [6.07, 6.45) is 1.16. The van der Waals surface area contributed by atoms with E-state index in [9.17, 15) is 0 Å². The fraction of sp³-hybridized carbons (Fsp3) is 0.294. The van der Waals surface area contributed by atoms with Gasteiger partial charge in [-0.25, -0.2) is 0 Å². The molecule has 0 atom stereocenters. The average molecular weight is 255 g/mol. The molecule has 0 aliphatic heterocycles. The highest BCUT2D eigenvalue weighted by atomic mass is 16.5. The number of benzene rings is 2. The second-order valence-electron chi connectivity index (χ2n) is 4.58. The first-order chi connectivity index (χ1) is 9.35. The molecule has 2 aromatic carbocycles. The molecule has 0 heterocycles. The summed E-state index contributed by atoms with van der Waals surface area (Å²) in [5.74, 6) is 0.918. The van der Waals surface area contributed by atoms with Gasteiger partial charge in [-0.05, 0) is 36.2 Å². The molecule has 0 amide bonds. The maximum absolute atomic E-state index is 5.42. The van der Waals surface area contributed by atoms with Crippen LogP contribution in [0.4, 0.5) is 0 Å². The summed E-state index contributed by atoms with van der Waals surface area (Å²) in [4.78, 5) is 0. The third-order valence-corrected chi connectivity index (χ3v) is 3.10. The van der Waals surface area contributed by atoms with E-state index >= 15 is 0 Å². The summed E-state index contributed by atoms with van der Waals surface area (Å²) in [6, 6.07) is 16.7. The van der Waals surface area contributed by atoms with Crippen molar-refractivity contribution in [3.05, 3.63) is 54.1 Å². The molecule has 0 bridgehead atoms. The highest BCUT2D eigenvalue weighted by Gasteiger charge is 2.05. The Morgan fingerprint density at radius 3 is 2.68 bits per heavy atom. The number of hydrogen-bond acceptors (Lipinski definition) is 2. The molecule has 0 saturated heterocycles. The van der Waals surface area contributed by atoms with Gasteiger partial charge in [-0.1, -0.05) is 43.3 Å². The zero-order valence-corrected chi connectivity index (χ0v) is 11.6. The zero-order chi connectivity index (χ0) is 13.5. The van der Waals surface area contributed by atoms with Crippen LogP contribution < -0.4 is 10.1 Å². The molecule has 1 N–H and O–H groups in total. The van der Waals surface area contributed by atoms with Crippen LogP contribution in [0.3, 0.4) is 0 Å². The van der Waals surface area contributed by atoms with E-state index in [0.717, 1.165) is 30.8 Å². The van der Waals surface area contributed by atoms with Crippen molar-refractivity contribution in [3.63, 3.8) is 0 Å². The maximum atomic E-state index is 5.42. The van der Waals surface area contributed by atoms with Gasteiger partial charge in [0.25, 0.3) is 0 Å². The summed E-state index contributed by atoms with van der Waals surface area (Å²) in [5.41, 5.74) is 3.65. The number of rotatable bonds is 6. The van der Waals surface area contributed by atoms with E-state index < -0.39 is 0 Å². The van der Waals surface area contributed by atoms with Crippen molar-refractivity contribution in [1.82, 2.24) is 5.32 Å². The van der Waals surface area contributed by atoms with Gasteiger partial charge in [-0.3, -0.25) is 0 Å². The zero-order valence-electron chi connectivity index (χ0n) is 11.6. The van der Waals surface area contributed by atoms with Crippen molar-refractivity contribution in [3.8, 4) is 16.9 Å². The summed E-state index contributed by atoms with van der Waals surface area (Å²) in [5, 5.41) is 3.43. The van der Waals surface area contributed by atoms with Gasteiger partial charge in [-0.15, -0.1) is 0 Å². The fourth-order valence-corrected chi connectivity index (χ4v) is 2.14. The van der Waals surface area contributed by atoms with Gasteiger partial charge in [0.2, 0.25) is 0 Å². The van der Waals surface area contributed by atoms with Gasteiger partial charge >= 0.3 is 0 Å². The topological polar surface area (TPSA) is 21.3 Å². The van der Waals surface area contributed by atoms with Crippen LogP contribution in [0, 0.1) is 0 Å². The molecule has 2 rings (SSSR count). The Balaban J connectivity index is 2.22. The second-order valence-corrected chi connectivity index (χ2v) is 4.58. The van der Waals surface area contributed by atoms with E-state index in [2.05, 4.69) is 42.6 Å². The predicted octanol–water partition coefficient (Wildman–Crippen LogP) is 3.86. The lowest BCUT2D eigenvalue weighted by atomic mass is 10.0. The van der Waals surface area contributed by atoms with Crippen LogP contribution in [0.2, 0.25) is 0 Å². The lowest BCUT2D eigenvalue weighted by molar-refractivity contribution is 0.416. The Labute approximate surface area is 115 Å². The number of hydrogen-bond donors (Lipinski definition) is 1. The first kappa shape index (κ1) is 13.6. The molecule has 19 heavy (non-hydrogen) atoms. The van der Waals surface area contributed by atoms with Crippen LogP contribution in [0.5, 0.6) is 5.75 Å². The molecule has 0 saturated carbocycles. The van der Waals surface area contributed by atoms with Crippen molar-refractivity contribution in [2.45, 2.75) is 19.9 Å². The van der Waals surface area contributed by atoms with Crippen LogP contribution in [0.25, 0.3) is 11.1 Å². The molecule has 0 aliphatic carbocycles. The molecular formula is C17H21NO. The monoisotopic (exact) mass is 255 g/mol. The molecule has 0 fully saturated rings. The number of ether oxygens (including phenoxy) is 1. The number of nitrogens with one attached hydrogen (secondary N) is 1. The van der Waals surface area contributed by atoms with E-state index in [4.69, 9.17) is 4.74 Å². The summed E-state index contributed by atoms with van der Waals surface area (Å²) >= 11 is 0. The van der Waals surface area contributed by atoms with E-state index in [-0.39, 0.29) is 0 Å². The largest absolute Gasteiger partial charge is 0.496 e. The van der Waals surface area contributed by atoms with Crippen molar-refractivity contribution >= 4 is 0 Å². The molecule has 2 nitrogen and oxygen atoms in total. The van der Waals surface area contributed by atoms with Crippen molar-refractivity contribution < 1.29 is 4.74 Å². The van der Waals surface area contributed by atoms with Gasteiger partial charge < -0.3 is 10.1 Å². The average Bonchev–Trinajstić information content (AvgIpc) is 2.48. The molecule has 2 aromatic rings. The molecule has 0 aliphatic rings. The molecule has 0 spiro atoms. The summed E-state index contributed by atoms with van der Waals surface area (Å²) < 4.78 is 5.42. The smallest absolute Gasteiger partial charge is 0.126 e. The van der Waals surface area contributed by atoms with Gasteiger partial charge in [0, 0.05) is 12.1 Å². The number of methoxy groups -OCH3 is 1. The van der Waals surface area contributed by atoms with Crippen LogP contribution in [-0.4, -0.2) is 13.7 Å². The Hall–Kier alpha value is -1.80. The minimum Gasteiger partial charge on any atom is -0.496 e. The SMILES string of the molecule is CCCNCc1cccc(-c2ccccc2OC)c1. The van der Waals surface area contributed by atoms with E-state index in [1.54, 1.807) is 7.11 Å². The van der Waals surface area contributed by atoms with E-state index in [0.29, 0.717) is 0 Å². The maximum Gasteiger partial charge on any atom is 0.126 e. The van der Waals surface area contributed by atoms with E-state index in [1.807, 2.05) is 18.2 Å². The van der Waals surface area contributed by atoms with E-state index in [1.165, 1.54) is 11.1 Å². The van der Waals surface area contributed by atoms with Crippen LogP contribution in [0.15, 0.2) is 48.5 Å². The fourth-order valence-electron chi connectivity index (χ4n) is 2.14. The molecule has 0 aromatic heterocycles. The van der Waals surface area contributed by atoms with Crippen LogP contribution >= 0.6 is 0 Å². The Bertz CT molecular complexity index is 522. The lowest BCUT2D eigenvalue weighted by Crippen LogP contribution is -2.13. The van der Waals surface area contributed by atoms with Gasteiger partial charge in [0.1, 0.15) is 5.75 Å². The van der Waals surface area contributed by atoms with Crippen LogP contribution in [0.1, 0.15) is 18.9 Å². The molecule has 100 valence electrons. The molecule has 0 radical (unpaired) electrons. The highest BCUT2D eigenvalue weighted by Crippen LogP contribution is 2.29. The summed E-state index contributed by atoms with van der Waals surface area (Å²) in [7, 11) is 1.71. The van der Waals surface area contributed by atoms with Crippen molar-refractivity contribution in [2.24, 2.45) is 0 Å². The molecule has 2 heteroatoms. The third kappa shape index (κ3) is 3.58. The second kappa shape index (κ2) is 6.95. The summed E-state index contributed by atoms with van der Waals surface area (Å²) in [6.45, 7) is 4.15. The Morgan fingerprint density at radius 2 is 1.89 bits per heavy atom. The molecular weight excluding hydrogens is 234 g/mol. The first-order valence-corrected chi connectivity index (χ1v) is 6.78. The Kier molecular flexibility index (Phi) is 4.99. The van der Waals surface area contributed by atoms with Gasteiger partial charge in [0.15, 0.2) is 0 Å². The quantitative estimate of drug-likeness (QED) is 0.791. The predicted molar refractivity (Wildman–Crippen MR) is 80.4 cm³/mol. The minimum absolute atomic E-state index is 0.914.